The molecular formula is C8H10O6. The first-order valence-electron chi connectivity index (χ1n) is 3.70. The summed E-state index contributed by atoms with van der Waals surface area (Å²) >= 11 is 0. The van der Waals surface area contributed by atoms with E-state index in [1.807, 2.05) is 0 Å². The normalized spacial score (nSPS) is 8.57. The maximum absolute atomic E-state index is 10.6. The van der Waals surface area contributed by atoms with Gasteiger partial charge in [0.15, 0.2) is 6.61 Å². The lowest BCUT2D eigenvalue weighted by molar-refractivity contribution is -0.156. The number of rotatable bonds is 7. The van der Waals surface area contributed by atoms with Gasteiger partial charge in [0.05, 0.1) is 0 Å². The molecule has 0 fully saturated rings. The van der Waals surface area contributed by atoms with Crippen molar-refractivity contribution in [3.8, 4) is 0 Å². The molecule has 14 heavy (non-hydrogen) atoms. The van der Waals surface area contributed by atoms with E-state index in [9.17, 15) is 14.4 Å². The second kappa shape index (κ2) is 7.78. The number of esters is 2. The molecule has 0 radical (unpaired) electrons. The predicted molar refractivity (Wildman–Crippen MR) is 44.1 cm³/mol. The van der Waals surface area contributed by atoms with E-state index in [0.717, 1.165) is 6.08 Å². The molecule has 6 heteroatoms. The average molecular weight is 202 g/mol. The molecule has 0 aliphatic rings. The predicted octanol–water partition coefficient (Wildman–Crippen LogP) is -0.568. The summed E-state index contributed by atoms with van der Waals surface area (Å²) in [7, 11) is 0. The zero-order chi connectivity index (χ0) is 10.8. The summed E-state index contributed by atoms with van der Waals surface area (Å²) in [6.45, 7) is 2.73. The fraction of sp³-hybridized carbons (Fsp3) is 0.375. The van der Waals surface area contributed by atoms with Gasteiger partial charge in [0.1, 0.15) is 13.2 Å². The van der Waals surface area contributed by atoms with Crippen molar-refractivity contribution in [2.24, 2.45) is 0 Å². The van der Waals surface area contributed by atoms with Crippen molar-refractivity contribution < 1.29 is 28.6 Å². The van der Waals surface area contributed by atoms with Gasteiger partial charge in [-0.1, -0.05) is 6.58 Å². The summed E-state index contributed by atoms with van der Waals surface area (Å²) in [6, 6.07) is 0. The smallest absolute Gasteiger partial charge is 0.344 e. The van der Waals surface area contributed by atoms with Crippen molar-refractivity contribution in [3.63, 3.8) is 0 Å². The Labute approximate surface area is 80.4 Å². The Balaban J connectivity index is 3.35. The maximum atomic E-state index is 10.6. The molecule has 0 heterocycles. The Hall–Kier alpha value is -1.85. The van der Waals surface area contributed by atoms with Crippen LogP contribution in [0.2, 0.25) is 0 Å². The topological polar surface area (TPSA) is 78.9 Å². The Bertz CT molecular complexity index is 222. The van der Waals surface area contributed by atoms with Crippen molar-refractivity contribution in [1.82, 2.24) is 0 Å². The summed E-state index contributed by atoms with van der Waals surface area (Å²) in [5.74, 6) is -1.29. The molecule has 0 atom stereocenters. The molecule has 0 aromatic rings. The summed E-state index contributed by atoms with van der Waals surface area (Å²) in [5, 5.41) is 0. The fourth-order valence-corrected chi connectivity index (χ4v) is 0.500. The van der Waals surface area contributed by atoms with Crippen LogP contribution in [0.5, 0.6) is 0 Å². The lowest BCUT2D eigenvalue weighted by Gasteiger charge is -2.03. The highest BCUT2D eigenvalue weighted by Crippen LogP contribution is 1.83. The largest absolute Gasteiger partial charge is 0.460 e. The van der Waals surface area contributed by atoms with E-state index in [2.05, 4.69) is 20.8 Å². The number of hydrogen-bond donors (Lipinski definition) is 0. The minimum Gasteiger partial charge on any atom is -0.460 e. The second-order valence-electron chi connectivity index (χ2n) is 2.00. The number of carbonyl (C=O) groups excluding carboxylic acids is 3. The summed E-state index contributed by atoms with van der Waals surface area (Å²) < 4.78 is 13.1. The zero-order valence-corrected chi connectivity index (χ0v) is 7.43. The molecule has 0 aliphatic carbocycles. The molecule has 0 aromatic heterocycles. The van der Waals surface area contributed by atoms with E-state index in [1.54, 1.807) is 0 Å². The van der Waals surface area contributed by atoms with E-state index >= 15 is 0 Å². The van der Waals surface area contributed by atoms with E-state index in [-0.39, 0.29) is 19.7 Å². The molecule has 0 aromatic carbocycles. The monoisotopic (exact) mass is 202 g/mol. The van der Waals surface area contributed by atoms with E-state index in [0.29, 0.717) is 0 Å². The van der Waals surface area contributed by atoms with Gasteiger partial charge >= 0.3 is 11.9 Å². The summed E-state index contributed by atoms with van der Waals surface area (Å²) in [4.78, 5) is 30.8. The van der Waals surface area contributed by atoms with Crippen molar-refractivity contribution in [3.05, 3.63) is 12.7 Å². The molecule has 0 unspecified atom stereocenters. The standard InChI is InChI=1S/C8H10O6/c1-2-7(10)13-3-4-14-8(11)5-12-6-9/h2,6H,1,3-5H2. The molecule has 0 saturated carbocycles. The fourth-order valence-electron chi connectivity index (χ4n) is 0.500. The van der Waals surface area contributed by atoms with Crippen molar-refractivity contribution in [1.29, 1.82) is 0 Å². The molecule has 0 aliphatic heterocycles. The van der Waals surface area contributed by atoms with Crippen LogP contribution in [-0.4, -0.2) is 38.2 Å². The molecule has 0 spiro atoms. The average Bonchev–Trinajstić information content (AvgIpc) is 2.21. The number of carbonyl (C=O) groups is 3. The van der Waals surface area contributed by atoms with Crippen LogP contribution in [0.1, 0.15) is 0 Å². The van der Waals surface area contributed by atoms with Crippen molar-refractivity contribution in [2.45, 2.75) is 0 Å². The van der Waals surface area contributed by atoms with Crippen LogP contribution < -0.4 is 0 Å². The molecular weight excluding hydrogens is 192 g/mol. The van der Waals surface area contributed by atoms with Gasteiger partial charge in [-0.2, -0.15) is 0 Å². The van der Waals surface area contributed by atoms with Crippen LogP contribution in [0.4, 0.5) is 0 Å². The van der Waals surface area contributed by atoms with Crippen LogP contribution in [0.3, 0.4) is 0 Å². The maximum Gasteiger partial charge on any atom is 0.344 e. The van der Waals surface area contributed by atoms with Gasteiger partial charge in [0, 0.05) is 6.08 Å². The van der Waals surface area contributed by atoms with Crippen molar-refractivity contribution >= 4 is 18.4 Å². The van der Waals surface area contributed by atoms with Gasteiger partial charge in [0.25, 0.3) is 6.47 Å². The van der Waals surface area contributed by atoms with E-state index in [1.165, 1.54) is 0 Å². The molecule has 0 bridgehead atoms. The van der Waals surface area contributed by atoms with Crippen LogP contribution in [0.25, 0.3) is 0 Å². The van der Waals surface area contributed by atoms with E-state index < -0.39 is 18.5 Å². The Kier molecular flexibility index (Phi) is 6.75. The third-order valence-electron chi connectivity index (χ3n) is 1.03. The van der Waals surface area contributed by atoms with Crippen molar-refractivity contribution in [2.75, 3.05) is 19.8 Å². The van der Waals surface area contributed by atoms with Crippen LogP contribution in [-0.2, 0) is 28.6 Å². The first-order valence-corrected chi connectivity index (χ1v) is 3.70. The third kappa shape index (κ3) is 6.84. The Morgan fingerprint density at radius 2 is 1.86 bits per heavy atom. The molecule has 6 nitrogen and oxygen atoms in total. The molecule has 0 saturated heterocycles. The minimum absolute atomic E-state index is 0.0579. The minimum atomic E-state index is -0.702. The van der Waals surface area contributed by atoms with Crippen LogP contribution >= 0.6 is 0 Å². The Morgan fingerprint density at radius 1 is 1.21 bits per heavy atom. The van der Waals surface area contributed by atoms with Gasteiger partial charge in [-0.15, -0.1) is 0 Å². The quantitative estimate of drug-likeness (QED) is 0.181. The zero-order valence-electron chi connectivity index (χ0n) is 7.43. The van der Waals surface area contributed by atoms with Gasteiger partial charge in [-0.05, 0) is 0 Å². The first kappa shape index (κ1) is 12.2. The molecule has 78 valence electrons. The highest BCUT2D eigenvalue weighted by atomic mass is 16.6. The lowest BCUT2D eigenvalue weighted by Crippen LogP contribution is -2.16. The van der Waals surface area contributed by atoms with E-state index in [4.69, 9.17) is 0 Å². The lowest BCUT2D eigenvalue weighted by atomic mass is 10.6. The number of hydrogen-bond acceptors (Lipinski definition) is 6. The van der Waals surface area contributed by atoms with Crippen LogP contribution in [0.15, 0.2) is 12.7 Å². The number of ether oxygens (including phenoxy) is 3. The second-order valence-corrected chi connectivity index (χ2v) is 2.00. The van der Waals surface area contributed by atoms with Gasteiger partial charge in [-0.25, -0.2) is 9.59 Å². The van der Waals surface area contributed by atoms with Gasteiger partial charge < -0.3 is 14.2 Å². The molecule has 0 N–H and O–H groups in total. The van der Waals surface area contributed by atoms with Gasteiger partial charge in [0.2, 0.25) is 0 Å². The van der Waals surface area contributed by atoms with Crippen LogP contribution in [0, 0.1) is 0 Å². The Morgan fingerprint density at radius 3 is 2.43 bits per heavy atom. The first-order chi connectivity index (χ1) is 6.70. The summed E-state index contributed by atoms with van der Waals surface area (Å²) in [6.07, 6.45) is 0.997. The third-order valence-corrected chi connectivity index (χ3v) is 1.03. The highest BCUT2D eigenvalue weighted by molar-refractivity contribution is 5.81. The summed E-state index contributed by atoms with van der Waals surface area (Å²) in [5.41, 5.74) is 0. The highest BCUT2D eigenvalue weighted by Gasteiger charge is 2.02. The molecule has 0 amide bonds. The molecule has 0 rings (SSSR count). The SMILES string of the molecule is C=CC(=O)OCCOC(=O)COC=O. The van der Waals surface area contributed by atoms with Gasteiger partial charge in [-0.3, -0.25) is 4.79 Å².